The molecular weight excluding hydrogens is 276 g/mol. The lowest BCUT2D eigenvalue weighted by Crippen LogP contribution is -2.43. The van der Waals surface area contributed by atoms with Crippen molar-refractivity contribution in [2.75, 3.05) is 18.4 Å². The van der Waals surface area contributed by atoms with Crippen LogP contribution in [-0.2, 0) is 9.59 Å². The van der Waals surface area contributed by atoms with Gasteiger partial charge >= 0.3 is 0 Å². The molecule has 1 N–H and O–H groups in total. The second-order valence-corrected chi connectivity index (χ2v) is 6.51. The van der Waals surface area contributed by atoms with Gasteiger partial charge in [-0.15, -0.1) is 0 Å². The normalized spacial score (nSPS) is 16.0. The molecule has 1 heterocycles. The standard InChI is InChI=1S/C18H26N2O2/c1-12(2)18(22)20-10-8-15(9-11-20)17(21)19-16-13(3)6-5-7-14(16)4/h5-7,12,15H,8-11H2,1-4H3,(H,19,21). The van der Waals surface area contributed by atoms with Crippen LogP contribution in [0.25, 0.3) is 0 Å². The molecule has 0 bridgehead atoms. The Morgan fingerprint density at radius 3 is 2.18 bits per heavy atom. The molecule has 1 aromatic carbocycles. The van der Waals surface area contributed by atoms with Crippen molar-refractivity contribution in [1.29, 1.82) is 0 Å². The van der Waals surface area contributed by atoms with E-state index in [-0.39, 0.29) is 23.7 Å². The van der Waals surface area contributed by atoms with E-state index in [2.05, 4.69) is 5.32 Å². The number of piperidine rings is 1. The summed E-state index contributed by atoms with van der Waals surface area (Å²) in [6.07, 6.45) is 1.49. The van der Waals surface area contributed by atoms with E-state index in [1.807, 2.05) is 50.8 Å². The molecule has 1 aliphatic rings. The third kappa shape index (κ3) is 3.67. The van der Waals surface area contributed by atoms with Crippen LogP contribution in [0, 0.1) is 25.7 Å². The third-order valence-corrected chi connectivity index (χ3v) is 4.40. The zero-order valence-corrected chi connectivity index (χ0v) is 14.0. The number of anilines is 1. The first-order chi connectivity index (χ1) is 10.4. The van der Waals surface area contributed by atoms with Crippen LogP contribution < -0.4 is 5.32 Å². The first-order valence-electron chi connectivity index (χ1n) is 8.06. The quantitative estimate of drug-likeness (QED) is 0.932. The minimum Gasteiger partial charge on any atom is -0.342 e. The molecule has 0 aromatic heterocycles. The molecule has 0 unspecified atom stereocenters. The molecule has 2 rings (SSSR count). The van der Waals surface area contributed by atoms with Gasteiger partial charge < -0.3 is 10.2 Å². The monoisotopic (exact) mass is 302 g/mol. The van der Waals surface area contributed by atoms with Gasteiger partial charge in [0, 0.05) is 30.6 Å². The molecule has 2 amide bonds. The number of nitrogens with zero attached hydrogens (tertiary/aromatic N) is 1. The van der Waals surface area contributed by atoms with Crippen LogP contribution in [0.2, 0.25) is 0 Å². The van der Waals surface area contributed by atoms with Crippen LogP contribution >= 0.6 is 0 Å². The molecule has 0 radical (unpaired) electrons. The van der Waals surface area contributed by atoms with Crippen molar-refractivity contribution in [1.82, 2.24) is 4.90 Å². The van der Waals surface area contributed by atoms with Crippen LogP contribution in [0.3, 0.4) is 0 Å². The number of nitrogens with one attached hydrogen (secondary N) is 1. The number of likely N-dealkylation sites (tertiary alicyclic amines) is 1. The Hall–Kier alpha value is -1.84. The fraction of sp³-hybridized carbons (Fsp3) is 0.556. The maximum absolute atomic E-state index is 12.5. The second kappa shape index (κ2) is 6.95. The first-order valence-corrected chi connectivity index (χ1v) is 8.06. The second-order valence-electron chi connectivity index (χ2n) is 6.51. The zero-order valence-electron chi connectivity index (χ0n) is 14.0. The van der Waals surface area contributed by atoms with Crippen LogP contribution in [-0.4, -0.2) is 29.8 Å². The number of hydrogen-bond donors (Lipinski definition) is 1. The molecule has 0 atom stereocenters. The third-order valence-electron chi connectivity index (χ3n) is 4.40. The predicted molar refractivity (Wildman–Crippen MR) is 88.7 cm³/mol. The van der Waals surface area contributed by atoms with Gasteiger partial charge in [0.1, 0.15) is 0 Å². The highest BCUT2D eigenvalue weighted by Crippen LogP contribution is 2.24. The van der Waals surface area contributed by atoms with Gasteiger partial charge in [0.15, 0.2) is 0 Å². The van der Waals surface area contributed by atoms with Crippen molar-refractivity contribution < 1.29 is 9.59 Å². The minimum absolute atomic E-state index is 0.00443. The number of amides is 2. The molecule has 0 aliphatic carbocycles. The molecule has 0 spiro atoms. The molecule has 1 saturated heterocycles. The smallest absolute Gasteiger partial charge is 0.227 e. The average molecular weight is 302 g/mol. The van der Waals surface area contributed by atoms with Gasteiger partial charge in [-0.1, -0.05) is 32.0 Å². The van der Waals surface area contributed by atoms with Crippen LogP contribution in [0.5, 0.6) is 0 Å². The fourth-order valence-corrected chi connectivity index (χ4v) is 2.96. The number of aryl methyl sites for hydroxylation is 2. The Bertz CT molecular complexity index is 538. The summed E-state index contributed by atoms with van der Waals surface area (Å²) in [5, 5.41) is 3.07. The maximum atomic E-state index is 12.5. The Balaban J connectivity index is 1.94. The minimum atomic E-state index is -0.00443. The molecule has 22 heavy (non-hydrogen) atoms. The zero-order chi connectivity index (χ0) is 16.3. The maximum Gasteiger partial charge on any atom is 0.227 e. The largest absolute Gasteiger partial charge is 0.342 e. The Kier molecular flexibility index (Phi) is 5.22. The van der Waals surface area contributed by atoms with Crippen molar-refractivity contribution in [2.45, 2.75) is 40.5 Å². The number of carbonyl (C=O) groups excluding carboxylic acids is 2. The molecule has 1 aromatic rings. The van der Waals surface area contributed by atoms with Gasteiger partial charge in [0.2, 0.25) is 11.8 Å². The molecule has 4 nitrogen and oxygen atoms in total. The van der Waals surface area contributed by atoms with Gasteiger partial charge in [-0.25, -0.2) is 0 Å². The van der Waals surface area contributed by atoms with Crippen molar-refractivity contribution in [3.05, 3.63) is 29.3 Å². The number of hydrogen-bond acceptors (Lipinski definition) is 2. The Labute approximate surface area is 132 Å². The van der Waals surface area contributed by atoms with Crippen molar-refractivity contribution >= 4 is 17.5 Å². The number of benzene rings is 1. The molecule has 4 heteroatoms. The highest BCUT2D eigenvalue weighted by atomic mass is 16.2. The van der Waals surface area contributed by atoms with E-state index in [1.54, 1.807) is 0 Å². The van der Waals surface area contributed by atoms with Crippen molar-refractivity contribution in [3.8, 4) is 0 Å². The summed E-state index contributed by atoms with van der Waals surface area (Å²) in [6, 6.07) is 6.01. The number of rotatable bonds is 3. The lowest BCUT2D eigenvalue weighted by molar-refractivity contribution is -0.137. The highest BCUT2D eigenvalue weighted by Gasteiger charge is 2.28. The van der Waals surface area contributed by atoms with Crippen molar-refractivity contribution in [2.24, 2.45) is 11.8 Å². The first kappa shape index (κ1) is 16.5. The van der Waals surface area contributed by atoms with E-state index in [1.165, 1.54) is 0 Å². The lowest BCUT2D eigenvalue weighted by Gasteiger charge is -2.32. The van der Waals surface area contributed by atoms with E-state index >= 15 is 0 Å². The van der Waals surface area contributed by atoms with E-state index in [0.29, 0.717) is 13.1 Å². The number of para-hydroxylation sites is 1. The van der Waals surface area contributed by atoms with E-state index in [9.17, 15) is 9.59 Å². The van der Waals surface area contributed by atoms with Gasteiger partial charge in [-0.2, -0.15) is 0 Å². The summed E-state index contributed by atoms with van der Waals surface area (Å²) in [6.45, 7) is 9.22. The molecule has 120 valence electrons. The van der Waals surface area contributed by atoms with Gasteiger partial charge in [-0.05, 0) is 37.8 Å². The van der Waals surface area contributed by atoms with Crippen LogP contribution in [0.1, 0.15) is 37.8 Å². The molecule has 0 saturated carbocycles. The van der Waals surface area contributed by atoms with E-state index < -0.39 is 0 Å². The van der Waals surface area contributed by atoms with E-state index in [0.717, 1.165) is 29.7 Å². The summed E-state index contributed by atoms with van der Waals surface area (Å²) >= 11 is 0. The molecule has 1 fully saturated rings. The van der Waals surface area contributed by atoms with E-state index in [4.69, 9.17) is 0 Å². The topological polar surface area (TPSA) is 49.4 Å². The van der Waals surface area contributed by atoms with Crippen LogP contribution in [0.15, 0.2) is 18.2 Å². The van der Waals surface area contributed by atoms with Gasteiger partial charge in [-0.3, -0.25) is 9.59 Å². The predicted octanol–water partition coefficient (Wildman–Crippen LogP) is 3.14. The average Bonchev–Trinajstić information content (AvgIpc) is 2.50. The van der Waals surface area contributed by atoms with Crippen LogP contribution in [0.4, 0.5) is 5.69 Å². The lowest BCUT2D eigenvalue weighted by atomic mass is 9.94. The Morgan fingerprint density at radius 1 is 1.14 bits per heavy atom. The molecular formula is C18H26N2O2. The summed E-state index contributed by atoms with van der Waals surface area (Å²) in [5.41, 5.74) is 3.09. The van der Waals surface area contributed by atoms with Crippen molar-refractivity contribution in [3.63, 3.8) is 0 Å². The SMILES string of the molecule is Cc1cccc(C)c1NC(=O)C1CCN(C(=O)C(C)C)CC1. The summed E-state index contributed by atoms with van der Waals surface area (Å²) in [7, 11) is 0. The van der Waals surface area contributed by atoms with Gasteiger partial charge in [0.05, 0.1) is 0 Å². The van der Waals surface area contributed by atoms with Gasteiger partial charge in [0.25, 0.3) is 0 Å². The number of carbonyl (C=O) groups is 2. The molecule has 1 aliphatic heterocycles. The Morgan fingerprint density at radius 2 is 1.68 bits per heavy atom. The summed E-state index contributed by atoms with van der Waals surface area (Å²) in [4.78, 5) is 26.3. The highest BCUT2D eigenvalue weighted by molar-refractivity contribution is 5.94. The fourth-order valence-electron chi connectivity index (χ4n) is 2.96. The summed E-state index contributed by atoms with van der Waals surface area (Å²) < 4.78 is 0. The summed E-state index contributed by atoms with van der Waals surface area (Å²) in [5.74, 6) is 0.290.